The van der Waals surface area contributed by atoms with E-state index in [0.29, 0.717) is 18.8 Å². The summed E-state index contributed by atoms with van der Waals surface area (Å²) in [6.45, 7) is 4.39. The molecule has 4 nitrogen and oxygen atoms in total. The predicted molar refractivity (Wildman–Crippen MR) is 111 cm³/mol. The summed E-state index contributed by atoms with van der Waals surface area (Å²) in [5, 5.41) is 20.5. The number of allylic oxidation sites excluding steroid dienone is 1. The van der Waals surface area contributed by atoms with E-state index >= 15 is 0 Å². The molecule has 1 aliphatic rings. The summed E-state index contributed by atoms with van der Waals surface area (Å²) in [5.41, 5.74) is 0. The van der Waals surface area contributed by atoms with Crippen molar-refractivity contribution in [1.29, 1.82) is 0 Å². The van der Waals surface area contributed by atoms with Crippen LogP contribution >= 0.6 is 0 Å². The lowest BCUT2D eigenvalue weighted by atomic mass is 10.0. The second-order valence-electron chi connectivity index (χ2n) is 7.79. The number of aliphatic hydroxyl groups is 1. The Labute approximate surface area is 161 Å². The lowest BCUT2D eigenvalue weighted by Gasteiger charge is -2.12. The summed E-state index contributed by atoms with van der Waals surface area (Å²) in [7, 11) is 0. The van der Waals surface area contributed by atoms with Gasteiger partial charge in [0.2, 0.25) is 0 Å². The molecule has 0 saturated carbocycles. The van der Waals surface area contributed by atoms with Crippen LogP contribution in [0.5, 0.6) is 0 Å². The normalized spacial score (nSPS) is 18.7. The van der Waals surface area contributed by atoms with Crippen LogP contribution in [-0.2, 0) is 0 Å². The second-order valence-corrected chi connectivity index (χ2v) is 7.79. The van der Waals surface area contributed by atoms with Gasteiger partial charge >= 0.3 is 0 Å². The standard InChI is InChI=1S/C22H42N2O2/c1-3-4-5-6-7-8-9-10-11-12-13-14-15-16-17-18-22-23-21(20(2)25)19-24(22)26/h16-17,20-21,25-26H,3-15,18-19H2,1-2H3. The quantitative estimate of drug-likeness (QED) is 0.265. The zero-order chi connectivity index (χ0) is 19.0. The minimum atomic E-state index is -0.507. The van der Waals surface area contributed by atoms with Crippen LogP contribution in [0.2, 0.25) is 0 Å². The summed E-state index contributed by atoms with van der Waals surface area (Å²) in [5.74, 6) is 0.668. The molecule has 0 spiro atoms. The fourth-order valence-electron chi connectivity index (χ4n) is 3.41. The predicted octanol–water partition coefficient (Wildman–Crippen LogP) is 5.88. The van der Waals surface area contributed by atoms with Crippen molar-refractivity contribution in [2.45, 2.75) is 116 Å². The van der Waals surface area contributed by atoms with Crippen LogP contribution in [-0.4, -0.2) is 39.9 Å². The Hall–Kier alpha value is -0.870. The van der Waals surface area contributed by atoms with E-state index in [4.69, 9.17) is 0 Å². The van der Waals surface area contributed by atoms with E-state index in [1.54, 1.807) is 6.92 Å². The first-order valence-corrected chi connectivity index (χ1v) is 11.0. The lowest BCUT2D eigenvalue weighted by molar-refractivity contribution is -0.0173. The number of hydrogen-bond acceptors (Lipinski definition) is 4. The van der Waals surface area contributed by atoms with E-state index in [-0.39, 0.29) is 6.04 Å². The van der Waals surface area contributed by atoms with Crippen LogP contribution in [0.25, 0.3) is 0 Å². The van der Waals surface area contributed by atoms with Gasteiger partial charge in [0, 0.05) is 6.42 Å². The number of hydrogen-bond donors (Lipinski definition) is 2. The number of amidine groups is 1. The third kappa shape index (κ3) is 11.0. The van der Waals surface area contributed by atoms with E-state index in [2.05, 4.69) is 24.1 Å². The molecule has 0 bridgehead atoms. The first-order chi connectivity index (χ1) is 12.6. The highest BCUT2D eigenvalue weighted by Gasteiger charge is 2.26. The molecule has 0 amide bonds. The van der Waals surface area contributed by atoms with E-state index in [9.17, 15) is 10.3 Å². The van der Waals surface area contributed by atoms with Gasteiger partial charge in [-0.25, -0.2) is 5.06 Å². The van der Waals surface area contributed by atoms with Crippen LogP contribution in [0.15, 0.2) is 17.1 Å². The van der Waals surface area contributed by atoms with Crippen LogP contribution in [0.3, 0.4) is 0 Å². The number of aliphatic imine (C=N–C) groups is 1. The molecular weight excluding hydrogens is 324 g/mol. The molecule has 26 heavy (non-hydrogen) atoms. The van der Waals surface area contributed by atoms with Crippen molar-refractivity contribution >= 4 is 5.84 Å². The summed E-state index contributed by atoms with van der Waals surface area (Å²) in [6, 6.07) is -0.195. The molecular formula is C22H42N2O2. The molecule has 0 aromatic carbocycles. The third-order valence-electron chi connectivity index (χ3n) is 5.22. The Bertz CT molecular complexity index is 394. The monoisotopic (exact) mass is 366 g/mol. The Balaban J connectivity index is 1.89. The van der Waals surface area contributed by atoms with Gasteiger partial charge in [0.15, 0.2) is 0 Å². The zero-order valence-corrected chi connectivity index (χ0v) is 17.2. The highest BCUT2D eigenvalue weighted by atomic mass is 16.5. The molecule has 1 aliphatic heterocycles. The van der Waals surface area contributed by atoms with Gasteiger partial charge in [0.25, 0.3) is 0 Å². The average molecular weight is 367 g/mol. The van der Waals surface area contributed by atoms with E-state index < -0.39 is 6.10 Å². The topological polar surface area (TPSA) is 56.1 Å². The van der Waals surface area contributed by atoms with E-state index in [1.807, 2.05) is 0 Å². The molecule has 0 aromatic heterocycles. The first kappa shape index (κ1) is 23.2. The van der Waals surface area contributed by atoms with Gasteiger partial charge < -0.3 is 5.11 Å². The van der Waals surface area contributed by atoms with E-state index in [1.165, 1.54) is 82.1 Å². The molecule has 0 fully saturated rings. The Kier molecular flexibility index (Phi) is 13.6. The van der Waals surface area contributed by atoms with Gasteiger partial charge in [-0.15, -0.1) is 0 Å². The second kappa shape index (κ2) is 15.2. The van der Waals surface area contributed by atoms with Crippen LogP contribution in [0, 0.1) is 0 Å². The molecule has 0 aromatic rings. The molecule has 0 radical (unpaired) electrons. The number of rotatable bonds is 16. The molecule has 2 atom stereocenters. The van der Waals surface area contributed by atoms with Gasteiger partial charge in [-0.05, 0) is 19.8 Å². The third-order valence-corrected chi connectivity index (χ3v) is 5.22. The number of nitrogens with zero attached hydrogens (tertiary/aromatic N) is 2. The molecule has 152 valence electrons. The minimum Gasteiger partial charge on any atom is -0.391 e. The maximum Gasteiger partial charge on any atom is 0.127 e. The van der Waals surface area contributed by atoms with Crippen molar-refractivity contribution in [2.24, 2.45) is 4.99 Å². The summed E-state index contributed by atoms with van der Waals surface area (Å²) in [4.78, 5) is 4.36. The smallest absolute Gasteiger partial charge is 0.127 e. The maximum atomic E-state index is 9.78. The van der Waals surface area contributed by atoms with Gasteiger partial charge in [-0.1, -0.05) is 89.7 Å². The van der Waals surface area contributed by atoms with Gasteiger partial charge in [-0.2, -0.15) is 0 Å². The highest BCUT2D eigenvalue weighted by molar-refractivity contribution is 5.84. The van der Waals surface area contributed by atoms with Crippen LogP contribution in [0.1, 0.15) is 104 Å². The number of aliphatic hydroxyl groups excluding tert-OH is 1. The Morgan fingerprint density at radius 3 is 2.00 bits per heavy atom. The molecule has 2 unspecified atom stereocenters. The lowest BCUT2D eigenvalue weighted by Crippen LogP contribution is -2.29. The van der Waals surface area contributed by atoms with Crippen LogP contribution in [0.4, 0.5) is 0 Å². The molecule has 2 N–H and O–H groups in total. The molecule has 0 saturated heterocycles. The van der Waals surface area contributed by atoms with Crippen molar-refractivity contribution < 1.29 is 10.3 Å². The minimum absolute atomic E-state index is 0.195. The maximum absolute atomic E-state index is 9.78. The van der Waals surface area contributed by atoms with Crippen molar-refractivity contribution in [2.75, 3.05) is 6.54 Å². The largest absolute Gasteiger partial charge is 0.391 e. The highest BCUT2D eigenvalue weighted by Crippen LogP contribution is 2.14. The molecule has 4 heteroatoms. The van der Waals surface area contributed by atoms with Crippen molar-refractivity contribution in [3.05, 3.63) is 12.2 Å². The molecule has 1 heterocycles. The first-order valence-electron chi connectivity index (χ1n) is 11.0. The Morgan fingerprint density at radius 2 is 1.50 bits per heavy atom. The SMILES string of the molecule is CCCCCCCCCCCCCCC=CCC1=NC(C(C)O)CN1O. The summed E-state index contributed by atoms with van der Waals surface area (Å²) >= 11 is 0. The van der Waals surface area contributed by atoms with Gasteiger partial charge in [0.05, 0.1) is 18.7 Å². The van der Waals surface area contributed by atoms with E-state index in [0.717, 1.165) is 6.42 Å². The van der Waals surface area contributed by atoms with Crippen molar-refractivity contribution in [3.8, 4) is 0 Å². The fraction of sp³-hybridized carbons (Fsp3) is 0.864. The number of hydroxylamine groups is 2. The zero-order valence-electron chi connectivity index (χ0n) is 17.2. The van der Waals surface area contributed by atoms with Crippen molar-refractivity contribution in [3.63, 3.8) is 0 Å². The van der Waals surface area contributed by atoms with Crippen LogP contribution < -0.4 is 0 Å². The van der Waals surface area contributed by atoms with Gasteiger partial charge in [-0.3, -0.25) is 10.2 Å². The molecule has 0 aliphatic carbocycles. The van der Waals surface area contributed by atoms with Crippen molar-refractivity contribution in [1.82, 2.24) is 5.06 Å². The Morgan fingerprint density at radius 1 is 0.962 bits per heavy atom. The fourth-order valence-corrected chi connectivity index (χ4v) is 3.41. The number of unbranched alkanes of at least 4 members (excludes halogenated alkanes) is 12. The summed E-state index contributed by atoms with van der Waals surface area (Å²) < 4.78 is 0. The molecule has 1 rings (SSSR count). The average Bonchev–Trinajstić information content (AvgIpc) is 2.99. The summed E-state index contributed by atoms with van der Waals surface area (Å²) in [6.07, 6.45) is 22.1. The van der Waals surface area contributed by atoms with Gasteiger partial charge in [0.1, 0.15) is 5.84 Å².